The Bertz CT molecular complexity index is 611. The molecule has 0 aliphatic heterocycles. The highest BCUT2D eigenvalue weighted by Gasteiger charge is 2.32. The molecular weight excluding hydrogens is 262 g/mol. The van der Waals surface area contributed by atoms with Gasteiger partial charge in [0.2, 0.25) is 0 Å². The van der Waals surface area contributed by atoms with Crippen molar-refractivity contribution in [2.24, 2.45) is 11.8 Å². The van der Waals surface area contributed by atoms with E-state index in [0.717, 1.165) is 35.9 Å². The van der Waals surface area contributed by atoms with Gasteiger partial charge in [0.15, 0.2) is 0 Å². The fourth-order valence-corrected chi connectivity index (χ4v) is 3.17. The van der Waals surface area contributed by atoms with Crippen molar-refractivity contribution in [3.05, 3.63) is 36.5 Å². The fraction of sp³-hybridized carbons (Fsp3) is 0.500. The van der Waals surface area contributed by atoms with Crippen LogP contribution in [0.15, 0.2) is 36.5 Å². The van der Waals surface area contributed by atoms with E-state index in [1.165, 1.54) is 0 Å². The number of aliphatic hydroxyl groups is 1. The van der Waals surface area contributed by atoms with E-state index in [1.807, 2.05) is 30.3 Å². The predicted molar refractivity (Wildman–Crippen MR) is 84.3 cm³/mol. The van der Waals surface area contributed by atoms with Gasteiger partial charge >= 0.3 is 0 Å². The molecule has 3 atom stereocenters. The lowest BCUT2D eigenvalue weighted by molar-refractivity contribution is -0.0176. The van der Waals surface area contributed by atoms with Crippen LogP contribution in [0, 0.1) is 11.8 Å². The van der Waals surface area contributed by atoms with E-state index in [1.54, 1.807) is 6.20 Å². The number of nitrogens with zero attached hydrogens (tertiary/aromatic N) is 1. The molecule has 1 aliphatic carbocycles. The molecule has 0 bridgehead atoms. The highest BCUT2D eigenvalue weighted by molar-refractivity contribution is 5.79. The van der Waals surface area contributed by atoms with Gasteiger partial charge in [0.1, 0.15) is 11.9 Å². The number of pyridine rings is 1. The number of hydrogen-bond donors (Lipinski definition) is 1. The molecule has 1 heterocycles. The van der Waals surface area contributed by atoms with Crippen molar-refractivity contribution in [3.63, 3.8) is 0 Å². The van der Waals surface area contributed by atoms with E-state index < -0.39 is 0 Å². The molecule has 1 aromatic heterocycles. The highest BCUT2D eigenvalue weighted by atomic mass is 16.5. The maximum atomic E-state index is 10.2. The number of aliphatic hydroxyl groups excluding tert-OH is 1. The summed E-state index contributed by atoms with van der Waals surface area (Å²) in [4.78, 5) is 4.35. The molecular formula is C18H23NO2. The lowest BCUT2D eigenvalue weighted by Gasteiger charge is -2.35. The zero-order valence-electron chi connectivity index (χ0n) is 12.7. The van der Waals surface area contributed by atoms with Crippen LogP contribution >= 0.6 is 0 Å². The van der Waals surface area contributed by atoms with Crippen molar-refractivity contribution >= 4 is 10.9 Å². The summed E-state index contributed by atoms with van der Waals surface area (Å²) in [7, 11) is 0. The molecule has 1 N–H and O–H groups in total. The fourth-order valence-electron chi connectivity index (χ4n) is 3.17. The standard InChI is InChI=1S/C18H23NO2/c1-12(2)14-6-8-17(20)18(10-14)21-15-7-5-13-4-3-9-19-16(13)11-15/h3-5,7,9,11-12,14,17-18,20H,6,8,10H2,1-2H3. The molecule has 1 aliphatic rings. The highest BCUT2D eigenvalue weighted by Crippen LogP contribution is 2.33. The Kier molecular flexibility index (Phi) is 4.11. The van der Waals surface area contributed by atoms with Gasteiger partial charge in [-0.3, -0.25) is 4.98 Å². The minimum Gasteiger partial charge on any atom is -0.488 e. The van der Waals surface area contributed by atoms with Gasteiger partial charge in [-0.25, -0.2) is 0 Å². The largest absolute Gasteiger partial charge is 0.488 e. The molecule has 0 saturated heterocycles. The molecule has 1 saturated carbocycles. The topological polar surface area (TPSA) is 42.4 Å². The van der Waals surface area contributed by atoms with Crippen molar-refractivity contribution < 1.29 is 9.84 Å². The summed E-state index contributed by atoms with van der Waals surface area (Å²) in [5, 5.41) is 11.3. The molecule has 21 heavy (non-hydrogen) atoms. The first-order valence-corrected chi connectivity index (χ1v) is 7.83. The second-order valence-electron chi connectivity index (χ2n) is 6.40. The van der Waals surface area contributed by atoms with Crippen molar-refractivity contribution in [1.29, 1.82) is 0 Å². The maximum absolute atomic E-state index is 10.2. The van der Waals surface area contributed by atoms with Crippen LogP contribution in [-0.4, -0.2) is 22.3 Å². The molecule has 1 aromatic carbocycles. The first-order valence-electron chi connectivity index (χ1n) is 7.83. The Morgan fingerprint density at radius 2 is 2.10 bits per heavy atom. The lowest BCUT2D eigenvalue weighted by Crippen LogP contribution is -2.39. The van der Waals surface area contributed by atoms with Crippen molar-refractivity contribution in [3.8, 4) is 5.75 Å². The average molecular weight is 285 g/mol. The zero-order valence-corrected chi connectivity index (χ0v) is 12.7. The van der Waals surface area contributed by atoms with Crippen LogP contribution in [0.25, 0.3) is 10.9 Å². The Morgan fingerprint density at radius 3 is 2.90 bits per heavy atom. The molecule has 112 valence electrons. The minimum absolute atomic E-state index is 0.104. The molecule has 3 nitrogen and oxygen atoms in total. The van der Waals surface area contributed by atoms with Crippen LogP contribution in [0.3, 0.4) is 0 Å². The molecule has 3 unspecified atom stereocenters. The monoisotopic (exact) mass is 285 g/mol. The SMILES string of the molecule is CC(C)C1CCC(O)C(Oc2ccc3cccnc3c2)C1. The van der Waals surface area contributed by atoms with Crippen molar-refractivity contribution in [2.45, 2.75) is 45.3 Å². The van der Waals surface area contributed by atoms with Crippen LogP contribution in [0.4, 0.5) is 0 Å². The van der Waals surface area contributed by atoms with E-state index in [2.05, 4.69) is 18.8 Å². The van der Waals surface area contributed by atoms with Crippen LogP contribution < -0.4 is 4.74 Å². The summed E-state index contributed by atoms with van der Waals surface area (Å²) in [5.41, 5.74) is 0.931. The molecule has 0 amide bonds. The third-order valence-electron chi connectivity index (χ3n) is 4.61. The van der Waals surface area contributed by atoms with E-state index in [9.17, 15) is 5.11 Å². The van der Waals surface area contributed by atoms with Crippen LogP contribution in [0.5, 0.6) is 5.75 Å². The third kappa shape index (κ3) is 3.18. The molecule has 0 radical (unpaired) electrons. The second-order valence-corrected chi connectivity index (χ2v) is 6.40. The van der Waals surface area contributed by atoms with Crippen LogP contribution in [-0.2, 0) is 0 Å². The smallest absolute Gasteiger partial charge is 0.125 e. The Balaban J connectivity index is 1.76. The van der Waals surface area contributed by atoms with Crippen LogP contribution in [0.1, 0.15) is 33.1 Å². The number of hydrogen-bond acceptors (Lipinski definition) is 3. The van der Waals surface area contributed by atoms with Gasteiger partial charge in [0.05, 0.1) is 11.6 Å². The van der Waals surface area contributed by atoms with Gasteiger partial charge in [-0.2, -0.15) is 0 Å². The first kappa shape index (κ1) is 14.3. The van der Waals surface area contributed by atoms with E-state index in [4.69, 9.17) is 4.74 Å². The van der Waals surface area contributed by atoms with Crippen LogP contribution in [0.2, 0.25) is 0 Å². The van der Waals surface area contributed by atoms with Gasteiger partial charge in [-0.1, -0.05) is 19.9 Å². The third-order valence-corrected chi connectivity index (χ3v) is 4.61. The first-order chi connectivity index (χ1) is 10.1. The molecule has 0 spiro atoms. The predicted octanol–water partition coefficient (Wildman–Crippen LogP) is 3.80. The minimum atomic E-state index is -0.362. The van der Waals surface area contributed by atoms with Gasteiger partial charge < -0.3 is 9.84 Å². The molecule has 3 heteroatoms. The quantitative estimate of drug-likeness (QED) is 0.932. The Hall–Kier alpha value is -1.61. The summed E-state index contributed by atoms with van der Waals surface area (Å²) in [6.45, 7) is 4.50. The van der Waals surface area contributed by atoms with Crippen molar-refractivity contribution in [2.75, 3.05) is 0 Å². The Labute approximate surface area is 126 Å². The number of aromatic nitrogens is 1. The molecule has 1 fully saturated rings. The second kappa shape index (κ2) is 6.02. The van der Waals surface area contributed by atoms with Crippen molar-refractivity contribution in [1.82, 2.24) is 4.98 Å². The maximum Gasteiger partial charge on any atom is 0.125 e. The number of fused-ring (bicyclic) bond motifs is 1. The van der Waals surface area contributed by atoms with E-state index >= 15 is 0 Å². The summed E-state index contributed by atoms with van der Waals surface area (Å²) < 4.78 is 6.07. The summed E-state index contributed by atoms with van der Waals surface area (Å²) in [6.07, 6.45) is 4.18. The number of benzene rings is 1. The summed E-state index contributed by atoms with van der Waals surface area (Å²) in [6, 6.07) is 9.92. The zero-order chi connectivity index (χ0) is 14.8. The van der Waals surface area contributed by atoms with E-state index in [-0.39, 0.29) is 12.2 Å². The average Bonchev–Trinajstić information content (AvgIpc) is 2.49. The lowest BCUT2D eigenvalue weighted by atomic mass is 9.79. The number of rotatable bonds is 3. The molecule has 2 aromatic rings. The van der Waals surface area contributed by atoms with Gasteiger partial charge in [0.25, 0.3) is 0 Å². The summed E-state index contributed by atoms with van der Waals surface area (Å²) in [5.74, 6) is 2.08. The van der Waals surface area contributed by atoms with E-state index in [0.29, 0.717) is 11.8 Å². The Morgan fingerprint density at radius 1 is 1.24 bits per heavy atom. The number of ether oxygens (including phenoxy) is 1. The van der Waals surface area contributed by atoms with Gasteiger partial charge in [0, 0.05) is 17.6 Å². The normalized spacial score (nSPS) is 26.2. The van der Waals surface area contributed by atoms with Gasteiger partial charge in [-0.05, 0) is 49.3 Å². The van der Waals surface area contributed by atoms with Gasteiger partial charge in [-0.15, -0.1) is 0 Å². The molecule has 3 rings (SSSR count). The summed E-state index contributed by atoms with van der Waals surface area (Å²) >= 11 is 0.